The van der Waals surface area contributed by atoms with Gasteiger partial charge >= 0.3 is 0 Å². The van der Waals surface area contributed by atoms with Crippen molar-refractivity contribution in [1.29, 1.82) is 0 Å². The lowest BCUT2D eigenvalue weighted by Crippen LogP contribution is -2.21. The van der Waals surface area contributed by atoms with Crippen molar-refractivity contribution in [3.05, 3.63) is 40.9 Å². The summed E-state index contributed by atoms with van der Waals surface area (Å²) in [6, 6.07) is 8.51. The number of hydrogen-bond donors (Lipinski definition) is 1. The number of nitrogens with zero attached hydrogens (tertiary/aromatic N) is 2. The fourth-order valence-corrected chi connectivity index (χ4v) is 2.44. The molecule has 96 valence electrons. The van der Waals surface area contributed by atoms with Crippen LogP contribution in [0.25, 0.3) is 5.69 Å². The fraction of sp³-hybridized carbons (Fsp3) is 0.357. The summed E-state index contributed by atoms with van der Waals surface area (Å²) in [5.74, 6) is 0. The number of rotatable bonds is 4. The number of anilines is 1. The number of benzene rings is 1. The molecule has 0 aliphatic carbocycles. The summed E-state index contributed by atoms with van der Waals surface area (Å²) in [6.07, 6.45) is 2.02. The lowest BCUT2D eigenvalue weighted by molar-refractivity contribution is 0.865. The Morgan fingerprint density at radius 1 is 1.17 bits per heavy atom. The molecule has 0 spiro atoms. The van der Waals surface area contributed by atoms with E-state index in [4.69, 9.17) is 12.2 Å². The van der Waals surface area contributed by atoms with Gasteiger partial charge in [0, 0.05) is 36.4 Å². The highest BCUT2D eigenvalue weighted by Gasteiger charge is 2.03. The van der Waals surface area contributed by atoms with E-state index in [9.17, 15) is 0 Å². The van der Waals surface area contributed by atoms with Crippen molar-refractivity contribution >= 4 is 17.9 Å². The van der Waals surface area contributed by atoms with Gasteiger partial charge in [0.2, 0.25) is 0 Å². The molecule has 2 aromatic rings. The molecule has 0 aliphatic rings. The van der Waals surface area contributed by atoms with Crippen molar-refractivity contribution in [2.75, 3.05) is 18.0 Å². The van der Waals surface area contributed by atoms with E-state index in [0.717, 1.165) is 29.2 Å². The lowest BCUT2D eigenvalue weighted by Gasteiger charge is -2.21. The molecule has 0 unspecified atom stereocenters. The average molecular weight is 261 g/mol. The van der Waals surface area contributed by atoms with Gasteiger partial charge in [0.25, 0.3) is 0 Å². The summed E-state index contributed by atoms with van der Waals surface area (Å²) in [7, 11) is 0. The van der Waals surface area contributed by atoms with E-state index in [0.29, 0.717) is 0 Å². The largest absolute Gasteiger partial charge is 0.372 e. The summed E-state index contributed by atoms with van der Waals surface area (Å²) in [5, 5.41) is 0. The first-order valence-electron chi connectivity index (χ1n) is 6.29. The lowest BCUT2D eigenvalue weighted by atomic mass is 10.2. The molecule has 4 heteroatoms. The number of H-pyrrole nitrogens is 1. The Morgan fingerprint density at radius 3 is 2.22 bits per heavy atom. The molecular formula is C14H19N3S. The molecule has 18 heavy (non-hydrogen) atoms. The zero-order valence-electron chi connectivity index (χ0n) is 11.1. The molecule has 0 atom stereocenters. The zero-order chi connectivity index (χ0) is 13.1. The summed E-state index contributed by atoms with van der Waals surface area (Å²) >= 11 is 5.28. The minimum absolute atomic E-state index is 0.739. The fourth-order valence-electron chi connectivity index (χ4n) is 2.12. The molecule has 0 fully saturated rings. The summed E-state index contributed by atoms with van der Waals surface area (Å²) in [5.41, 5.74) is 3.43. The van der Waals surface area contributed by atoms with Crippen LogP contribution in [0.1, 0.15) is 19.5 Å². The molecule has 0 bridgehead atoms. The first-order valence-corrected chi connectivity index (χ1v) is 6.70. The van der Waals surface area contributed by atoms with Crippen LogP contribution in [0, 0.1) is 11.7 Å². The molecule has 1 heterocycles. The van der Waals surface area contributed by atoms with Crippen LogP contribution in [0.2, 0.25) is 0 Å². The van der Waals surface area contributed by atoms with E-state index in [-0.39, 0.29) is 0 Å². The minimum Gasteiger partial charge on any atom is -0.372 e. The first-order chi connectivity index (χ1) is 8.65. The van der Waals surface area contributed by atoms with Crippen molar-refractivity contribution in [3.8, 4) is 5.69 Å². The SMILES string of the molecule is CCN(CC)c1ccc(-n2cc(C)[nH]c2=S)cc1. The molecule has 3 nitrogen and oxygen atoms in total. The second-order valence-electron chi connectivity index (χ2n) is 4.30. The third-order valence-electron chi connectivity index (χ3n) is 3.10. The van der Waals surface area contributed by atoms with Crippen LogP contribution in [-0.4, -0.2) is 22.6 Å². The Hall–Kier alpha value is -1.55. The van der Waals surface area contributed by atoms with E-state index < -0.39 is 0 Å². The number of aromatic nitrogens is 2. The molecule has 0 aliphatic heterocycles. The van der Waals surface area contributed by atoms with Crippen molar-refractivity contribution < 1.29 is 0 Å². The van der Waals surface area contributed by atoms with Crippen LogP contribution in [0.4, 0.5) is 5.69 Å². The molecule has 1 aromatic heterocycles. The molecule has 0 saturated heterocycles. The highest BCUT2D eigenvalue weighted by atomic mass is 32.1. The Balaban J connectivity index is 2.33. The predicted octanol–water partition coefficient (Wildman–Crippen LogP) is 3.69. The van der Waals surface area contributed by atoms with Gasteiger partial charge in [0.1, 0.15) is 0 Å². The van der Waals surface area contributed by atoms with Gasteiger partial charge in [-0.25, -0.2) is 0 Å². The molecule has 0 radical (unpaired) electrons. The van der Waals surface area contributed by atoms with Crippen molar-refractivity contribution in [3.63, 3.8) is 0 Å². The van der Waals surface area contributed by atoms with Crippen molar-refractivity contribution in [2.45, 2.75) is 20.8 Å². The maximum Gasteiger partial charge on any atom is 0.181 e. The van der Waals surface area contributed by atoms with E-state index in [1.54, 1.807) is 0 Å². The normalized spacial score (nSPS) is 10.6. The van der Waals surface area contributed by atoms with Gasteiger partial charge in [-0.1, -0.05) is 0 Å². The van der Waals surface area contributed by atoms with E-state index >= 15 is 0 Å². The van der Waals surface area contributed by atoms with Gasteiger partial charge in [-0.2, -0.15) is 0 Å². The van der Waals surface area contributed by atoms with Crippen LogP contribution < -0.4 is 4.90 Å². The molecule has 2 rings (SSSR count). The maximum absolute atomic E-state index is 5.28. The van der Waals surface area contributed by atoms with Gasteiger partial charge in [0.05, 0.1) is 0 Å². The minimum atomic E-state index is 0.739. The highest BCUT2D eigenvalue weighted by molar-refractivity contribution is 7.71. The quantitative estimate of drug-likeness (QED) is 0.849. The second-order valence-corrected chi connectivity index (χ2v) is 4.69. The van der Waals surface area contributed by atoms with E-state index in [1.807, 2.05) is 17.7 Å². The third kappa shape index (κ3) is 2.48. The van der Waals surface area contributed by atoms with Crippen LogP contribution in [0.5, 0.6) is 0 Å². The maximum atomic E-state index is 5.28. The van der Waals surface area contributed by atoms with Crippen molar-refractivity contribution in [2.24, 2.45) is 0 Å². The average Bonchev–Trinajstić information content (AvgIpc) is 2.71. The summed E-state index contributed by atoms with van der Waals surface area (Å²) in [6.45, 7) is 8.40. The van der Waals surface area contributed by atoms with E-state index in [1.165, 1.54) is 5.69 Å². The van der Waals surface area contributed by atoms with Gasteiger partial charge < -0.3 is 9.88 Å². The Kier molecular flexibility index (Phi) is 3.87. The predicted molar refractivity (Wildman–Crippen MR) is 79.3 cm³/mol. The van der Waals surface area contributed by atoms with E-state index in [2.05, 4.69) is 48.0 Å². The van der Waals surface area contributed by atoms with Gasteiger partial charge in [-0.15, -0.1) is 0 Å². The number of hydrogen-bond acceptors (Lipinski definition) is 2. The number of aryl methyl sites for hydroxylation is 1. The second kappa shape index (κ2) is 5.40. The topological polar surface area (TPSA) is 24.0 Å². The van der Waals surface area contributed by atoms with Gasteiger partial charge in [-0.05, 0) is 57.3 Å². The summed E-state index contributed by atoms with van der Waals surface area (Å²) in [4.78, 5) is 5.46. The monoisotopic (exact) mass is 261 g/mol. The van der Waals surface area contributed by atoms with Crippen LogP contribution in [0.15, 0.2) is 30.5 Å². The highest BCUT2D eigenvalue weighted by Crippen LogP contribution is 2.18. The molecule has 0 saturated carbocycles. The first kappa shape index (κ1) is 12.9. The molecular weight excluding hydrogens is 242 g/mol. The number of imidazole rings is 1. The standard InChI is InChI=1S/C14H19N3S/c1-4-16(5-2)12-6-8-13(9-7-12)17-10-11(3)15-14(17)18/h6-10H,4-5H2,1-3H3,(H,15,18). The van der Waals surface area contributed by atoms with Crippen LogP contribution in [0.3, 0.4) is 0 Å². The van der Waals surface area contributed by atoms with Crippen LogP contribution in [-0.2, 0) is 0 Å². The Bertz CT molecular complexity index is 561. The Morgan fingerprint density at radius 2 is 1.78 bits per heavy atom. The number of aromatic amines is 1. The zero-order valence-corrected chi connectivity index (χ0v) is 11.9. The number of nitrogens with one attached hydrogen (secondary N) is 1. The van der Waals surface area contributed by atoms with Crippen molar-refractivity contribution in [1.82, 2.24) is 9.55 Å². The Labute approximate surface area is 113 Å². The smallest absolute Gasteiger partial charge is 0.181 e. The van der Waals surface area contributed by atoms with Gasteiger partial charge in [-0.3, -0.25) is 4.57 Å². The third-order valence-corrected chi connectivity index (χ3v) is 3.40. The molecule has 1 N–H and O–H groups in total. The molecule has 1 aromatic carbocycles. The van der Waals surface area contributed by atoms with Gasteiger partial charge in [0.15, 0.2) is 4.77 Å². The molecule has 0 amide bonds. The summed E-state index contributed by atoms with van der Waals surface area (Å²) < 4.78 is 2.74. The van der Waals surface area contributed by atoms with Crippen LogP contribution >= 0.6 is 12.2 Å².